The van der Waals surface area contributed by atoms with E-state index < -0.39 is 0 Å². The van der Waals surface area contributed by atoms with Crippen molar-refractivity contribution in [3.63, 3.8) is 0 Å². The van der Waals surface area contributed by atoms with Crippen molar-refractivity contribution in [2.45, 2.75) is 32.8 Å². The van der Waals surface area contributed by atoms with Gasteiger partial charge in [-0.15, -0.1) is 0 Å². The number of Topliss-reactive ketones (excluding diaryl/α,β-unsaturated/α-hetero) is 1. The Morgan fingerprint density at radius 2 is 1.94 bits per heavy atom. The Labute approximate surface area is 102 Å². The fourth-order valence-corrected chi connectivity index (χ4v) is 2.44. The van der Waals surface area contributed by atoms with E-state index in [4.69, 9.17) is 4.84 Å². The summed E-state index contributed by atoms with van der Waals surface area (Å²) in [6, 6.07) is 9.64. The molecule has 0 heterocycles. The van der Waals surface area contributed by atoms with E-state index in [-0.39, 0.29) is 17.8 Å². The molecule has 0 radical (unpaired) electrons. The monoisotopic (exact) mass is 233 g/mol. The predicted octanol–water partition coefficient (Wildman–Crippen LogP) is 3.03. The molecule has 0 aromatic heterocycles. The first kappa shape index (κ1) is 12.1. The van der Waals surface area contributed by atoms with Gasteiger partial charge in [-0.3, -0.25) is 15.1 Å². The Morgan fingerprint density at radius 1 is 1.24 bits per heavy atom. The SMILES string of the molecule is C[C@H]1CC(=O)[C@H](ONc2ccccc2)[C@@H](C)C1. The topological polar surface area (TPSA) is 38.3 Å². The molecule has 0 amide bonds. The Hall–Kier alpha value is -1.35. The van der Waals surface area contributed by atoms with Gasteiger partial charge in [-0.1, -0.05) is 32.0 Å². The zero-order valence-electron chi connectivity index (χ0n) is 10.3. The molecule has 1 aromatic rings. The van der Waals surface area contributed by atoms with Crippen LogP contribution in [0.1, 0.15) is 26.7 Å². The molecule has 3 heteroatoms. The molecule has 1 fully saturated rings. The standard InChI is InChI=1S/C14H19NO2/c1-10-8-11(2)14(13(16)9-10)17-15-12-6-4-3-5-7-12/h3-7,10-11,14-15H,8-9H2,1-2H3/t10-,11+,14-/m1/s1. The number of ketones is 1. The van der Waals surface area contributed by atoms with Crippen LogP contribution in [0.3, 0.4) is 0 Å². The largest absolute Gasteiger partial charge is 0.297 e. The van der Waals surface area contributed by atoms with Crippen LogP contribution in [-0.4, -0.2) is 11.9 Å². The van der Waals surface area contributed by atoms with Gasteiger partial charge in [0.15, 0.2) is 5.78 Å². The minimum absolute atomic E-state index is 0.208. The fraction of sp³-hybridized carbons (Fsp3) is 0.500. The number of carbonyl (C=O) groups is 1. The lowest BCUT2D eigenvalue weighted by atomic mass is 9.80. The molecule has 92 valence electrons. The lowest BCUT2D eigenvalue weighted by Gasteiger charge is -2.30. The summed E-state index contributed by atoms with van der Waals surface area (Å²) < 4.78 is 0. The van der Waals surface area contributed by atoms with E-state index in [9.17, 15) is 4.79 Å². The number of benzene rings is 1. The van der Waals surface area contributed by atoms with E-state index in [0.29, 0.717) is 12.3 Å². The zero-order chi connectivity index (χ0) is 12.3. The maximum atomic E-state index is 11.9. The summed E-state index contributed by atoms with van der Waals surface area (Å²) in [6.45, 7) is 4.19. The Kier molecular flexibility index (Phi) is 3.79. The van der Waals surface area contributed by atoms with Crippen molar-refractivity contribution in [3.05, 3.63) is 30.3 Å². The zero-order valence-corrected chi connectivity index (χ0v) is 10.3. The average molecular weight is 233 g/mol. The molecule has 0 unspecified atom stereocenters. The first-order valence-corrected chi connectivity index (χ1v) is 6.16. The van der Waals surface area contributed by atoms with E-state index in [1.54, 1.807) is 0 Å². The summed E-state index contributed by atoms with van der Waals surface area (Å²) in [5, 5.41) is 0. The van der Waals surface area contributed by atoms with E-state index in [2.05, 4.69) is 19.3 Å². The highest BCUT2D eigenvalue weighted by Gasteiger charge is 2.33. The maximum Gasteiger partial charge on any atom is 0.164 e. The Bertz CT molecular complexity index is 377. The molecule has 3 nitrogen and oxygen atoms in total. The smallest absolute Gasteiger partial charge is 0.164 e. The number of para-hydroxylation sites is 1. The van der Waals surface area contributed by atoms with E-state index in [1.807, 2.05) is 30.3 Å². The van der Waals surface area contributed by atoms with Crippen molar-refractivity contribution in [1.82, 2.24) is 0 Å². The van der Waals surface area contributed by atoms with Crippen LogP contribution in [-0.2, 0) is 9.63 Å². The Morgan fingerprint density at radius 3 is 2.59 bits per heavy atom. The minimum atomic E-state index is -0.314. The van der Waals surface area contributed by atoms with Crippen LogP contribution in [0, 0.1) is 11.8 Å². The summed E-state index contributed by atoms with van der Waals surface area (Å²) in [6.07, 6.45) is 1.37. The van der Waals surface area contributed by atoms with Crippen molar-refractivity contribution in [2.75, 3.05) is 5.48 Å². The quantitative estimate of drug-likeness (QED) is 0.815. The third-order valence-corrected chi connectivity index (χ3v) is 3.24. The van der Waals surface area contributed by atoms with Gasteiger partial charge in [0.25, 0.3) is 0 Å². The summed E-state index contributed by atoms with van der Waals surface area (Å²) in [5.41, 5.74) is 3.75. The Balaban J connectivity index is 1.92. The summed E-state index contributed by atoms with van der Waals surface area (Å²) in [7, 11) is 0. The second kappa shape index (κ2) is 5.32. The highest BCUT2D eigenvalue weighted by Crippen LogP contribution is 2.28. The van der Waals surface area contributed by atoms with Crippen LogP contribution in [0.25, 0.3) is 0 Å². The number of rotatable bonds is 3. The molecule has 0 saturated heterocycles. The molecule has 2 rings (SSSR count). The van der Waals surface area contributed by atoms with Gasteiger partial charge in [0.05, 0.1) is 5.69 Å². The highest BCUT2D eigenvalue weighted by atomic mass is 16.7. The number of hydrogen-bond acceptors (Lipinski definition) is 3. The lowest BCUT2D eigenvalue weighted by molar-refractivity contribution is -0.136. The third-order valence-electron chi connectivity index (χ3n) is 3.24. The van der Waals surface area contributed by atoms with Crippen LogP contribution >= 0.6 is 0 Å². The van der Waals surface area contributed by atoms with Gasteiger partial charge >= 0.3 is 0 Å². The van der Waals surface area contributed by atoms with Crippen LogP contribution in [0.15, 0.2) is 30.3 Å². The molecular weight excluding hydrogens is 214 g/mol. The second-order valence-electron chi connectivity index (χ2n) is 5.00. The van der Waals surface area contributed by atoms with Crippen LogP contribution < -0.4 is 5.48 Å². The van der Waals surface area contributed by atoms with Crippen LogP contribution in [0.2, 0.25) is 0 Å². The molecule has 0 aliphatic heterocycles. The average Bonchev–Trinajstić information content (AvgIpc) is 2.29. The van der Waals surface area contributed by atoms with E-state index in [1.165, 1.54) is 0 Å². The number of nitrogens with one attached hydrogen (secondary N) is 1. The maximum absolute atomic E-state index is 11.9. The third kappa shape index (κ3) is 3.07. The normalized spacial score (nSPS) is 29.1. The number of carbonyl (C=O) groups excluding carboxylic acids is 1. The first-order chi connectivity index (χ1) is 8.16. The minimum Gasteiger partial charge on any atom is -0.297 e. The van der Waals surface area contributed by atoms with Gasteiger partial charge in [-0.25, -0.2) is 0 Å². The van der Waals surface area contributed by atoms with Gasteiger partial charge in [-0.2, -0.15) is 0 Å². The van der Waals surface area contributed by atoms with Gasteiger partial charge in [0, 0.05) is 6.42 Å². The summed E-state index contributed by atoms with van der Waals surface area (Å²) in [4.78, 5) is 17.4. The molecule has 1 saturated carbocycles. The van der Waals surface area contributed by atoms with Gasteiger partial charge in [0.2, 0.25) is 0 Å². The molecule has 1 N–H and O–H groups in total. The number of hydrogen-bond donors (Lipinski definition) is 1. The fourth-order valence-electron chi connectivity index (χ4n) is 2.44. The molecule has 0 spiro atoms. The first-order valence-electron chi connectivity index (χ1n) is 6.16. The van der Waals surface area contributed by atoms with Gasteiger partial charge in [-0.05, 0) is 30.4 Å². The molecule has 0 bridgehead atoms. The molecule has 1 aromatic carbocycles. The molecule has 17 heavy (non-hydrogen) atoms. The highest BCUT2D eigenvalue weighted by molar-refractivity contribution is 5.84. The summed E-state index contributed by atoms with van der Waals surface area (Å²) >= 11 is 0. The molecule has 3 atom stereocenters. The van der Waals surface area contributed by atoms with E-state index >= 15 is 0 Å². The molecular formula is C14H19NO2. The predicted molar refractivity (Wildman–Crippen MR) is 67.5 cm³/mol. The molecule has 1 aliphatic carbocycles. The van der Waals surface area contributed by atoms with Crippen LogP contribution in [0.5, 0.6) is 0 Å². The van der Waals surface area contributed by atoms with Crippen LogP contribution in [0.4, 0.5) is 5.69 Å². The summed E-state index contributed by atoms with van der Waals surface area (Å²) in [5.74, 6) is 0.969. The van der Waals surface area contributed by atoms with Crippen molar-refractivity contribution in [2.24, 2.45) is 11.8 Å². The van der Waals surface area contributed by atoms with E-state index in [0.717, 1.165) is 12.1 Å². The number of anilines is 1. The van der Waals surface area contributed by atoms with Gasteiger partial charge < -0.3 is 0 Å². The molecule has 1 aliphatic rings. The van der Waals surface area contributed by atoms with Gasteiger partial charge in [0.1, 0.15) is 6.10 Å². The lowest BCUT2D eigenvalue weighted by Crippen LogP contribution is -2.38. The second-order valence-corrected chi connectivity index (χ2v) is 5.00. The van der Waals surface area contributed by atoms with Crippen molar-refractivity contribution in [1.29, 1.82) is 0 Å². The van der Waals surface area contributed by atoms with Crippen molar-refractivity contribution in [3.8, 4) is 0 Å². The van der Waals surface area contributed by atoms with Crippen molar-refractivity contribution < 1.29 is 9.63 Å². The van der Waals surface area contributed by atoms with Crippen molar-refractivity contribution >= 4 is 11.5 Å².